The number of hydrogen-bond acceptors (Lipinski definition) is 2. The van der Waals surface area contributed by atoms with E-state index in [1.54, 1.807) is 0 Å². The van der Waals surface area contributed by atoms with Gasteiger partial charge in [0.15, 0.2) is 0 Å². The summed E-state index contributed by atoms with van der Waals surface area (Å²) in [6.45, 7) is 9.68. The Morgan fingerprint density at radius 3 is 2.47 bits per heavy atom. The molecule has 2 nitrogen and oxygen atoms in total. The minimum absolute atomic E-state index is 0.0978. The predicted octanol–water partition coefficient (Wildman–Crippen LogP) is 3.52. The monoisotopic (exact) mass is 265 g/mol. The minimum Gasteiger partial charge on any atom is -0.376 e. The lowest BCUT2D eigenvalue weighted by atomic mass is 9.90. The summed E-state index contributed by atoms with van der Waals surface area (Å²) in [6, 6.07) is 4.05. The zero-order valence-corrected chi connectivity index (χ0v) is 12.3. The van der Waals surface area contributed by atoms with Crippen LogP contribution in [0.15, 0.2) is 12.1 Å². The van der Waals surface area contributed by atoms with Gasteiger partial charge in [0.05, 0.1) is 12.1 Å². The van der Waals surface area contributed by atoms with Crippen LogP contribution in [0.2, 0.25) is 0 Å². The number of rotatable bonds is 4. The van der Waals surface area contributed by atoms with E-state index in [2.05, 4.69) is 19.2 Å². The summed E-state index contributed by atoms with van der Waals surface area (Å²) in [7, 11) is 0. The van der Waals surface area contributed by atoms with Crippen LogP contribution in [0.4, 0.5) is 4.39 Å². The molecular formula is C16H24FNO. The molecule has 1 saturated heterocycles. The molecule has 0 aromatic heterocycles. The van der Waals surface area contributed by atoms with Gasteiger partial charge in [-0.05, 0) is 49.4 Å². The summed E-state index contributed by atoms with van der Waals surface area (Å²) in [4.78, 5) is 0. The first-order chi connectivity index (χ1) is 9.04. The normalized spacial score (nSPS) is 24.7. The molecule has 3 atom stereocenters. The van der Waals surface area contributed by atoms with E-state index in [4.69, 9.17) is 4.74 Å². The van der Waals surface area contributed by atoms with Gasteiger partial charge in [0.25, 0.3) is 0 Å². The van der Waals surface area contributed by atoms with Crippen molar-refractivity contribution >= 4 is 0 Å². The SMILES string of the molecule is CCNC(c1cc(C)c(F)c(C)c1)C1OCCC1C. The van der Waals surface area contributed by atoms with E-state index < -0.39 is 0 Å². The molecule has 0 spiro atoms. The molecule has 2 rings (SSSR count). The van der Waals surface area contributed by atoms with Crippen molar-refractivity contribution < 1.29 is 9.13 Å². The second-order valence-electron chi connectivity index (χ2n) is 5.61. The average Bonchev–Trinajstić information content (AvgIpc) is 2.78. The molecule has 3 unspecified atom stereocenters. The minimum atomic E-state index is -0.0978. The largest absolute Gasteiger partial charge is 0.376 e. The van der Waals surface area contributed by atoms with Crippen molar-refractivity contribution in [2.45, 2.75) is 46.3 Å². The van der Waals surface area contributed by atoms with Gasteiger partial charge < -0.3 is 10.1 Å². The van der Waals surface area contributed by atoms with Crippen LogP contribution < -0.4 is 5.32 Å². The molecule has 0 radical (unpaired) electrons. The number of nitrogens with one attached hydrogen (secondary N) is 1. The smallest absolute Gasteiger partial charge is 0.129 e. The summed E-state index contributed by atoms with van der Waals surface area (Å²) in [5, 5.41) is 3.50. The van der Waals surface area contributed by atoms with Crippen LogP contribution in [-0.2, 0) is 4.74 Å². The topological polar surface area (TPSA) is 21.3 Å². The van der Waals surface area contributed by atoms with Crippen LogP contribution in [0.5, 0.6) is 0 Å². The molecule has 106 valence electrons. The van der Waals surface area contributed by atoms with Crippen LogP contribution in [-0.4, -0.2) is 19.3 Å². The molecule has 0 amide bonds. The molecule has 3 heteroatoms. The first-order valence-electron chi connectivity index (χ1n) is 7.16. The van der Waals surface area contributed by atoms with Gasteiger partial charge in [0.2, 0.25) is 0 Å². The van der Waals surface area contributed by atoms with E-state index in [0.29, 0.717) is 17.0 Å². The van der Waals surface area contributed by atoms with E-state index >= 15 is 0 Å². The Hall–Kier alpha value is -0.930. The Morgan fingerprint density at radius 1 is 1.37 bits per heavy atom. The Morgan fingerprint density at radius 2 is 2.00 bits per heavy atom. The van der Waals surface area contributed by atoms with E-state index in [1.165, 1.54) is 0 Å². The highest BCUT2D eigenvalue weighted by molar-refractivity contribution is 5.33. The van der Waals surface area contributed by atoms with Gasteiger partial charge in [-0.1, -0.05) is 26.0 Å². The van der Waals surface area contributed by atoms with Crippen LogP contribution in [0.3, 0.4) is 0 Å². The quantitative estimate of drug-likeness (QED) is 0.899. The Kier molecular flexibility index (Phi) is 4.58. The molecule has 0 bridgehead atoms. The van der Waals surface area contributed by atoms with Crippen molar-refractivity contribution in [1.82, 2.24) is 5.32 Å². The maximum atomic E-state index is 13.8. The fourth-order valence-corrected chi connectivity index (χ4v) is 2.95. The third kappa shape index (κ3) is 2.98. The first-order valence-corrected chi connectivity index (χ1v) is 7.16. The molecule has 1 aromatic rings. The van der Waals surface area contributed by atoms with Crippen molar-refractivity contribution in [3.05, 3.63) is 34.6 Å². The van der Waals surface area contributed by atoms with Gasteiger partial charge in [-0.15, -0.1) is 0 Å². The lowest BCUT2D eigenvalue weighted by molar-refractivity contribution is 0.0611. The second kappa shape index (κ2) is 6.02. The lowest BCUT2D eigenvalue weighted by Gasteiger charge is -2.28. The number of halogens is 1. The summed E-state index contributed by atoms with van der Waals surface area (Å²) >= 11 is 0. The standard InChI is InChI=1S/C16H24FNO/c1-5-18-15(16-10(2)6-7-19-16)13-8-11(3)14(17)12(4)9-13/h8-10,15-16,18H,5-7H2,1-4H3. The van der Waals surface area contributed by atoms with Gasteiger partial charge in [0, 0.05) is 6.61 Å². The maximum Gasteiger partial charge on any atom is 0.129 e. The Labute approximate surface area is 115 Å². The summed E-state index contributed by atoms with van der Waals surface area (Å²) in [5.74, 6) is 0.439. The maximum absolute atomic E-state index is 13.8. The lowest BCUT2D eigenvalue weighted by Crippen LogP contribution is -2.34. The highest BCUT2D eigenvalue weighted by Crippen LogP contribution is 2.32. The number of hydrogen-bond donors (Lipinski definition) is 1. The van der Waals surface area contributed by atoms with E-state index in [-0.39, 0.29) is 18.0 Å². The number of likely N-dealkylation sites (N-methyl/N-ethyl adjacent to an activating group) is 1. The zero-order valence-electron chi connectivity index (χ0n) is 12.3. The molecule has 1 aliphatic heterocycles. The van der Waals surface area contributed by atoms with Crippen LogP contribution in [0.25, 0.3) is 0 Å². The fraction of sp³-hybridized carbons (Fsp3) is 0.625. The fourth-order valence-electron chi connectivity index (χ4n) is 2.95. The van der Waals surface area contributed by atoms with Crippen LogP contribution in [0, 0.1) is 25.6 Å². The third-order valence-corrected chi connectivity index (χ3v) is 4.01. The van der Waals surface area contributed by atoms with Crippen molar-refractivity contribution in [1.29, 1.82) is 0 Å². The number of aryl methyl sites for hydroxylation is 2. The van der Waals surface area contributed by atoms with Gasteiger partial charge in [-0.2, -0.15) is 0 Å². The summed E-state index contributed by atoms with van der Waals surface area (Å²) in [6.07, 6.45) is 1.29. The highest BCUT2D eigenvalue weighted by atomic mass is 19.1. The summed E-state index contributed by atoms with van der Waals surface area (Å²) in [5.41, 5.74) is 2.56. The first kappa shape index (κ1) is 14.5. The average molecular weight is 265 g/mol. The van der Waals surface area contributed by atoms with Crippen molar-refractivity contribution in [2.75, 3.05) is 13.2 Å². The molecule has 0 aliphatic carbocycles. The Balaban J connectivity index is 2.33. The van der Waals surface area contributed by atoms with E-state index in [9.17, 15) is 4.39 Å². The Bertz CT molecular complexity index is 423. The second-order valence-corrected chi connectivity index (χ2v) is 5.61. The third-order valence-electron chi connectivity index (χ3n) is 4.01. The molecule has 1 N–H and O–H groups in total. The van der Waals surface area contributed by atoms with Crippen molar-refractivity contribution in [2.24, 2.45) is 5.92 Å². The van der Waals surface area contributed by atoms with Gasteiger partial charge in [-0.3, -0.25) is 0 Å². The molecule has 1 aliphatic rings. The van der Waals surface area contributed by atoms with Gasteiger partial charge in [0.1, 0.15) is 5.82 Å². The molecule has 0 saturated carbocycles. The van der Waals surface area contributed by atoms with Crippen molar-refractivity contribution in [3.8, 4) is 0 Å². The zero-order chi connectivity index (χ0) is 14.0. The highest BCUT2D eigenvalue weighted by Gasteiger charge is 2.32. The van der Waals surface area contributed by atoms with Crippen molar-refractivity contribution in [3.63, 3.8) is 0 Å². The molecule has 1 heterocycles. The number of benzene rings is 1. The molecule has 19 heavy (non-hydrogen) atoms. The molecule has 1 aromatic carbocycles. The number of ether oxygens (including phenoxy) is 1. The van der Waals surface area contributed by atoms with E-state index in [0.717, 1.165) is 25.1 Å². The summed E-state index contributed by atoms with van der Waals surface area (Å²) < 4.78 is 19.7. The molecular weight excluding hydrogens is 241 g/mol. The van der Waals surface area contributed by atoms with Crippen LogP contribution >= 0.6 is 0 Å². The van der Waals surface area contributed by atoms with Crippen LogP contribution in [0.1, 0.15) is 43.0 Å². The van der Waals surface area contributed by atoms with Gasteiger partial charge in [-0.25, -0.2) is 4.39 Å². The predicted molar refractivity (Wildman–Crippen MR) is 75.8 cm³/mol. The van der Waals surface area contributed by atoms with Gasteiger partial charge >= 0.3 is 0 Å². The molecule has 1 fully saturated rings. The van der Waals surface area contributed by atoms with E-state index in [1.807, 2.05) is 26.0 Å².